The van der Waals surface area contributed by atoms with Gasteiger partial charge in [-0.2, -0.15) is 5.26 Å². The largest absolute Gasteiger partial charge is 0.377 e. The van der Waals surface area contributed by atoms with Gasteiger partial charge in [-0.15, -0.1) is 0 Å². The topological polar surface area (TPSA) is 35.8 Å². The van der Waals surface area contributed by atoms with Crippen LogP contribution in [-0.2, 0) is 0 Å². The predicted octanol–water partition coefficient (Wildman–Crippen LogP) is 4.03. The minimum absolute atomic E-state index is 0.210. The Kier molecular flexibility index (Phi) is 4.09. The summed E-state index contributed by atoms with van der Waals surface area (Å²) < 4.78 is 26.2. The van der Waals surface area contributed by atoms with E-state index in [9.17, 15) is 8.78 Å². The molecule has 0 fully saturated rings. The number of hydrogen-bond donors (Lipinski definition) is 1. The molecule has 19 heavy (non-hydrogen) atoms. The fourth-order valence-electron chi connectivity index (χ4n) is 1.87. The fourth-order valence-corrected chi connectivity index (χ4v) is 1.87. The lowest BCUT2D eigenvalue weighted by Gasteiger charge is -2.17. The van der Waals surface area contributed by atoms with E-state index in [0.717, 1.165) is 11.6 Å². The van der Waals surface area contributed by atoms with E-state index in [1.54, 1.807) is 0 Å². The molecule has 1 unspecified atom stereocenters. The van der Waals surface area contributed by atoms with E-state index in [0.29, 0.717) is 5.69 Å². The van der Waals surface area contributed by atoms with Crippen molar-refractivity contribution in [3.63, 3.8) is 0 Å². The Bertz CT molecular complexity index is 571. The van der Waals surface area contributed by atoms with Crippen LogP contribution in [-0.4, -0.2) is 0 Å². The summed E-state index contributed by atoms with van der Waals surface area (Å²) in [5, 5.41) is 11.8. The quantitative estimate of drug-likeness (QED) is 0.898. The maximum Gasteiger partial charge on any atom is 0.128 e. The van der Waals surface area contributed by atoms with Crippen molar-refractivity contribution in [2.24, 2.45) is 0 Å². The third-order valence-electron chi connectivity index (χ3n) is 2.70. The maximum atomic E-state index is 13.1. The zero-order chi connectivity index (χ0) is 13.7. The Balaban J connectivity index is 2.24. The van der Waals surface area contributed by atoms with Crippen LogP contribution in [0.15, 0.2) is 48.5 Å². The van der Waals surface area contributed by atoms with Crippen LogP contribution in [0.5, 0.6) is 0 Å². The Morgan fingerprint density at radius 2 is 1.68 bits per heavy atom. The standard InChI is InChI=1S/C15H12F2N2/c16-12-8-13(17)10-14(9-12)19-15(6-7-18)11-4-2-1-3-5-11/h1-5,8-10,15,19H,6H2. The fraction of sp³-hybridized carbons (Fsp3) is 0.133. The first-order chi connectivity index (χ1) is 9.19. The van der Waals surface area contributed by atoms with Crippen LogP contribution in [0, 0.1) is 23.0 Å². The smallest absolute Gasteiger partial charge is 0.128 e. The number of hydrogen-bond acceptors (Lipinski definition) is 2. The molecular weight excluding hydrogens is 246 g/mol. The normalized spacial score (nSPS) is 11.6. The van der Waals surface area contributed by atoms with E-state index >= 15 is 0 Å². The molecular formula is C15H12F2N2. The van der Waals surface area contributed by atoms with Crippen LogP contribution in [0.3, 0.4) is 0 Å². The van der Waals surface area contributed by atoms with E-state index in [1.165, 1.54) is 12.1 Å². The van der Waals surface area contributed by atoms with Gasteiger partial charge in [-0.25, -0.2) is 8.78 Å². The second-order valence-corrected chi connectivity index (χ2v) is 4.13. The Hall–Kier alpha value is -2.41. The average Bonchev–Trinajstić information content (AvgIpc) is 2.38. The van der Waals surface area contributed by atoms with Gasteiger partial charge in [0.2, 0.25) is 0 Å². The van der Waals surface area contributed by atoms with Crippen molar-refractivity contribution in [3.05, 3.63) is 65.7 Å². The molecule has 0 aliphatic carbocycles. The van der Waals surface area contributed by atoms with E-state index in [1.807, 2.05) is 30.3 Å². The van der Waals surface area contributed by atoms with Crippen LogP contribution in [0.2, 0.25) is 0 Å². The third-order valence-corrected chi connectivity index (χ3v) is 2.70. The molecule has 0 spiro atoms. The number of nitrogens with zero attached hydrogens (tertiary/aromatic N) is 1. The molecule has 2 nitrogen and oxygen atoms in total. The highest BCUT2D eigenvalue weighted by molar-refractivity contribution is 5.46. The van der Waals surface area contributed by atoms with Gasteiger partial charge in [-0.05, 0) is 17.7 Å². The molecule has 2 aromatic rings. The summed E-state index contributed by atoms with van der Waals surface area (Å²) in [5.74, 6) is -1.29. The van der Waals surface area contributed by atoms with Gasteiger partial charge in [0.05, 0.1) is 18.5 Å². The van der Waals surface area contributed by atoms with E-state index in [4.69, 9.17) is 5.26 Å². The second kappa shape index (κ2) is 5.96. The van der Waals surface area contributed by atoms with Crippen LogP contribution < -0.4 is 5.32 Å². The second-order valence-electron chi connectivity index (χ2n) is 4.13. The number of halogens is 2. The monoisotopic (exact) mass is 258 g/mol. The van der Waals surface area contributed by atoms with Crippen molar-refractivity contribution in [1.82, 2.24) is 0 Å². The lowest BCUT2D eigenvalue weighted by Crippen LogP contribution is -2.10. The molecule has 1 atom stereocenters. The van der Waals surface area contributed by atoms with Gasteiger partial charge in [-0.3, -0.25) is 0 Å². The molecule has 1 N–H and O–H groups in total. The highest BCUT2D eigenvalue weighted by Crippen LogP contribution is 2.23. The van der Waals surface area contributed by atoms with Crippen LogP contribution in [0.25, 0.3) is 0 Å². The van der Waals surface area contributed by atoms with Gasteiger partial charge >= 0.3 is 0 Å². The van der Waals surface area contributed by atoms with Crippen molar-refractivity contribution in [2.45, 2.75) is 12.5 Å². The SMILES string of the molecule is N#CCC(Nc1cc(F)cc(F)c1)c1ccccc1. The van der Waals surface area contributed by atoms with Crippen molar-refractivity contribution < 1.29 is 8.78 Å². The molecule has 96 valence electrons. The summed E-state index contributed by atoms with van der Waals surface area (Å²) in [7, 11) is 0. The third kappa shape index (κ3) is 3.52. The minimum atomic E-state index is -0.647. The number of nitrogens with one attached hydrogen (secondary N) is 1. The zero-order valence-electron chi connectivity index (χ0n) is 10.1. The van der Waals surface area contributed by atoms with Gasteiger partial charge < -0.3 is 5.32 Å². The minimum Gasteiger partial charge on any atom is -0.377 e. The van der Waals surface area contributed by atoms with Gasteiger partial charge in [0.1, 0.15) is 11.6 Å². The molecule has 2 aromatic carbocycles. The molecule has 0 radical (unpaired) electrons. The number of nitriles is 1. The first kappa shape index (κ1) is 13.0. The molecule has 0 aromatic heterocycles. The van der Waals surface area contributed by atoms with E-state index in [-0.39, 0.29) is 12.5 Å². The summed E-state index contributed by atoms with van der Waals surface area (Å²) in [5.41, 5.74) is 1.22. The summed E-state index contributed by atoms with van der Waals surface area (Å²) in [6, 6.07) is 14.3. The number of anilines is 1. The van der Waals surface area contributed by atoms with Gasteiger partial charge in [0, 0.05) is 11.8 Å². The molecule has 0 aliphatic heterocycles. The molecule has 0 saturated heterocycles. The lowest BCUT2D eigenvalue weighted by atomic mass is 10.0. The summed E-state index contributed by atoms with van der Waals surface area (Å²) in [4.78, 5) is 0. The molecule has 0 bridgehead atoms. The predicted molar refractivity (Wildman–Crippen MR) is 69.4 cm³/mol. The van der Waals surface area contributed by atoms with Crippen molar-refractivity contribution in [1.29, 1.82) is 5.26 Å². The van der Waals surface area contributed by atoms with E-state index in [2.05, 4.69) is 11.4 Å². The van der Waals surface area contributed by atoms with Crippen LogP contribution in [0.1, 0.15) is 18.0 Å². The summed E-state index contributed by atoms with van der Waals surface area (Å²) >= 11 is 0. The molecule has 0 aliphatic rings. The average molecular weight is 258 g/mol. The zero-order valence-corrected chi connectivity index (χ0v) is 10.1. The van der Waals surface area contributed by atoms with Gasteiger partial charge in [0.25, 0.3) is 0 Å². The molecule has 0 saturated carbocycles. The van der Waals surface area contributed by atoms with Crippen LogP contribution >= 0.6 is 0 Å². The Morgan fingerprint density at radius 1 is 1.05 bits per heavy atom. The van der Waals surface area contributed by atoms with E-state index < -0.39 is 11.6 Å². The van der Waals surface area contributed by atoms with Crippen molar-refractivity contribution in [3.8, 4) is 6.07 Å². The highest BCUT2D eigenvalue weighted by Gasteiger charge is 2.11. The molecule has 0 amide bonds. The van der Waals surface area contributed by atoms with Gasteiger partial charge in [0.15, 0.2) is 0 Å². The maximum absolute atomic E-state index is 13.1. The number of rotatable bonds is 4. The van der Waals surface area contributed by atoms with Crippen LogP contribution in [0.4, 0.5) is 14.5 Å². The van der Waals surface area contributed by atoms with Crippen molar-refractivity contribution >= 4 is 5.69 Å². The summed E-state index contributed by atoms with van der Waals surface area (Å²) in [6.45, 7) is 0. The first-order valence-electron chi connectivity index (χ1n) is 5.83. The van der Waals surface area contributed by atoms with Gasteiger partial charge in [-0.1, -0.05) is 30.3 Å². The number of benzene rings is 2. The van der Waals surface area contributed by atoms with Crippen molar-refractivity contribution in [2.75, 3.05) is 5.32 Å². The first-order valence-corrected chi connectivity index (χ1v) is 5.83. The molecule has 0 heterocycles. The Morgan fingerprint density at radius 3 is 2.26 bits per heavy atom. The summed E-state index contributed by atoms with van der Waals surface area (Å²) in [6.07, 6.45) is 0.210. The molecule has 2 rings (SSSR count). The lowest BCUT2D eigenvalue weighted by molar-refractivity contribution is 0.583. The highest BCUT2D eigenvalue weighted by atomic mass is 19.1. The Labute approximate surface area is 110 Å². The molecule has 4 heteroatoms.